The molecule has 0 fully saturated rings. The van der Waals surface area contributed by atoms with Gasteiger partial charge in [-0.25, -0.2) is 4.79 Å². The highest BCUT2D eigenvalue weighted by Crippen LogP contribution is 2.35. The molecule has 0 saturated heterocycles. The Labute approximate surface area is 156 Å². The van der Waals surface area contributed by atoms with E-state index in [2.05, 4.69) is 12.4 Å². The van der Waals surface area contributed by atoms with Crippen molar-refractivity contribution >= 4 is 28.2 Å². The third kappa shape index (κ3) is 4.23. The van der Waals surface area contributed by atoms with Gasteiger partial charge < -0.3 is 19.7 Å². The zero-order valence-electron chi connectivity index (χ0n) is 15.0. The van der Waals surface area contributed by atoms with Crippen LogP contribution in [-0.2, 0) is 22.5 Å². The molecule has 1 aliphatic heterocycles. The number of hydrogen-bond donors (Lipinski definition) is 2. The van der Waals surface area contributed by atoms with Gasteiger partial charge in [-0.05, 0) is 24.6 Å². The van der Waals surface area contributed by atoms with Crippen LogP contribution in [0.3, 0.4) is 0 Å². The molecule has 1 aromatic carbocycles. The zero-order chi connectivity index (χ0) is 18.5. The number of fused-ring (bicyclic) bond motifs is 1. The highest BCUT2D eigenvalue weighted by Gasteiger charge is 2.30. The summed E-state index contributed by atoms with van der Waals surface area (Å²) in [6.45, 7) is 3.78. The average molecular weight is 375 g/mol. The van der Waals surface area contributed by atoms with E-state index in [0.717, 1.165) is 30.0 Å². The second kappa shape index (κ2) is 8.33. The average Bonchev–Trinajstić information content (AvgIpc) is 2.98. The molecule has 3 rings (SSSR count). The molecule has 1 unspecified atom stereocenters. The summed E-state index contributed by atoms with van der Waals surface area (Å²) in [5.74, 6) is -0.0357. The summed E-state index contributed by atoms with van der Waals surface area (Å²) in [4.78, 5) is 27.3. The summed E-state index contributed by atoms with van der Waals surface area (Å²) < 4.78 is 10.7. The largest absolute Gasteiger partial charge is 0.484 e. The lowest BCUT2D eigenvalue weighted by atomic mass is 10.0. The molecule has 0 radical (unpaired) electrons. The smallest absolute Gasteiger partial charge is 0.341 e. The molecule has 2 aromatic rings. The molecule has 0 bridgehead atoms. The summed E-state index contributed by atoms with van der Waals surface area (Å²) in [6.07, 6.45) is 0.808. The van der Waals surface area contributed by atoms with Gasteiger partial charge in [0.2, 0.25) is 0 Å². The number of carbonyl (C=O) groups excluding carboxylic acids is 2. The van der Waals surface area contributed by atoms with Crippen molar-refractivity contribution in [2.24, 2.45) is 0 Å². The zero-order valence-corrected chi connectivity index (χ0v) is 15.8. The number of esters is 1. The van der Waals surface area contributed by atoms with Gasteiger partial charge in [0.25, 0.3) is 5.91 Å². The summed E-state index contributed by atoms with van der Waals surface area (Å²) in [5.41, 5.74) is 1.52. The van der Waals surface area contributed by atoms with Crippen LogP contribution in [0.2, 0.25) is 0 Å². The van der Waals surface area contributed by atoms with E-state index in [-0.39, 0.29) is 18.5 Å². The molecule has 138 valence electrons. The minimum atomic E-state index is -0.371. The number of benzene rings is 1. The molecule has 1 aromatic heterocycles. The quantitative estimate of drug-likeness (QED) is 0.751. The van der Waals surface area contributed by atoms with Crippen LogP contribution in [0.15, 0.2) is 30.3 Å². The van der Waals surface area contributed by atoms with Gasteiger partial charge in [0.15, 0.2) is 6.61 Å². The monoisotopic (exact) mass is 375 g/mol. The summed E-state index contributed by atoms with van der Waals surface area (Å²) in [5, 5.41) is 3.40. The van der Waals surface area contributed by atoms with Gasteiger partial charge in [-0.2, -0.15) is 0 Å². The first kappa shape index (κ1) is 18.4. The van der Waals surface area contributed by atoms with E-state index in [1.807, 2.05) is 18.2 Å². The maximum absolute atomic E-state index is 12.4. The number of thiophene rings is 1. The van der Waals surface area contributed by atoms with Gasteiger partial charge in [0.1, 0.15) is 17.3 Å². The van der Waals surface area contributed by atoms with Crippen LogP contribution < -0.4 is 15.0 Å². The van der Waals surface area contributed by atoms with E-state index in [9.17, 15) is 9.59 Å². The molecular weight excluding hydrogens is 352 g/mol. The van der Waals surface area contributed by atoms with Crippen LogP contribution in [0.1, 0.15) is 27.7 Å². The fourth-order valence-electron chi connectivity index (χ4n) is 2.96. The lowest BCUT2D eigenvalue weighted by Crippen LogP contribution is -3.08. The van der Waals surface area contributed by atoms with Gasteiger partial charge in [-0.3, -0.25) is 4.79 Å². The first-order valence-corrected chi connectivity index (χ1v) is 9.50. The Hall–Kier alpha value is -2.38. The van der Waals surface area contributed by atoms with Crippen molar-refractivity contribution < 1.29 is 24.0 Å². The van der Waals surface area contributed by atoms with Gasteiger partial charge in [-0.15, -0.1) is 11.3 Å². The number of para-hydroxylation sites is 1. The highest BCUT2D eigenvalue weighted by atomic mass is 32.1. The molecule has 2 heterocycles. The third-order valence-electron chi connectivity index (χ3n) is 4.20. The predicted octanol–water partition coefficient (Wildman–Crippen LogP) is 1.51. The Morgan fingerprint density at radius 1 is 1.27 bits per heavy atom. The molecule has 6 nitrogen and oxygen atoms in total. The minimum Gasteiger partial charge on any atom is -0.484 e. The Kier molecular flexibility index (Phi) is 5.90. The van der Waals surface area contributed by atoms with Crippen molar-refractivity contribution in [2.45, 2.75) is 19.9 Å². The number of nitrogens with one attached hydrogen (secondary N) is 2. The number of likely N-dealkylation sites (N-methyl/N-ethyl adjacent to an activating group) is 1. The van der Waals surface area contributed by atoms with E-state index >= 15 is 0 Å². The van der Waals surface area contributed by atoms with Crippen LogP contribution in [0.5, 0.6) is 5.75 Å². The van der Waals surface area contributed by atoms with Crippen LogP contribution in [0.4, 0.5) is 5.00 Å². The topological polar surface area (TPSA) is 69.1 Å². The normalized spacial score (nSPS) is 15.8. The molecule has 1 amide bonds. The molecule has 1 atom stereocenters. The second-order valence-corrected chi connectivity index (χ2v) is 7.32. The van der Waals surface area contributed by atoms with E-state index < -0.39 is 0 Å². The molecule has 0 saturated carbocycles. The van der Waals surface area contributed by atoms with Gasteiger partial charge in [0.05, 0.1) is 30.6 Å². The molecular formula is C19H23N2O4S+. The maximum Gasteiger partial charge on any atom is 0.341 e. The van der Waals surface area contributed by atoms with Crippen LogP contribution in [0, 0.1) is 0 Å². The number of carbonyl (C=O) groups is 2. The molecule has 0 aliphatic carbocycles. The third-order valence-corrected chi connectivity index (χ3v) is 5.35. The van der Waals surface area contributed by atoms with Crippen molar-refractivity contribution in [1.29, 1.82) is 0 Å². The summed E-state index contributed by atoms with van der Waals surface area (Å²) in [7, 11) is 2.12. The molecule has 2 N–H and O–H groups in total. The van der Waals surface area contributed by atoms with Gasteiger partial charge >= 0.3 is 5.97 Å². The Morgan fingerprint density at radius 2 is 2.04 bits per heavy atom. The molecule has 7 heteroatoms. The van der Waals surface area contributed by atoms with Gasteiger partial charge in [-0.1, -0.05) is 18.2 Å². The van der Waals surface area contributed by atoms with E-state index in [1.54, 1.807) is 19.1 Å². The number of amides is 1. The molecule has 1 aliphatic rings. The second-order valence-electron chi connectivity index (χ2n) is 6.21. The van der Waals surface area contributed by atoms with Crippen molar-refractivity contribution in [2.75, 3.05) is 32.1 Å². The van der Waals surface area contributed by atoms with Crippen LogP contribution in [-0.4, -0.2) is 38.7 Å². The molecule has 0 spiro atoms. The fourth-order valence-corrected chi connectivity index (χ4v) is 4.32. The van der Waals surface area contributed by atoms with Crippen LogP contribution in [0.25, 0.3) is 0 Å². The number of quaternary nitrogens is 1. The fraction of sp³-hybridized carbons (Fsp3) is 0.368. The molecule has 26 heavy (non-hydrogen) atoms. The van der Waals surface area contributed by atoms with Crippen LogP contribution >= 0.6 is 11.3 Å². The minimum absolute atomic E-state index is 0.111. The SMILES string of the molecule is CCOC(=O)c1c(NC(=O)COc2ccccc2)sc2c1CC[NH+](C)C2. The standard InChI is InChI=1S/C19H22N2O4S/c1-3-24-19(23)17-14-9-10-21(2)11-15(14)26-18(17)20-16(22)12-25-13-7-5-4-6-8-13/h4-8H,3,9-12H2,1-2H3,(H,20,22)/p+1. The van der Waals surface area contributed by atoms with Crippen molar-refractivity contribution in [3.05, 3.63) is 46.3 Å². The Morgan fingerprint density at radius 3 is 2.77 bits per heavy atom. The first-order chi connectivity index (χ1) is 12.6. The Balaban J connectivity index is 1.75. The Bertz CT molecular complexity index is 788. The predicted molar refractivity (Wildman–Crippen MR) is 100 cm³/mol. The van der Waals surface area contributed by atoms with Crippen molar-refractivity contribution in [3.63, 3.8) is 0 Å². The first-order valence-electron chi connectivity index (χ1n) is 8.69. The highest BCUT2D eigenvalue weighted by molar-refractivity contribution is 7.17. The van der Waals surface area contributed by atoms with Crippen molar-refractivity contribution in [1.82, 2.24) is 0 Å². The lowest BCUT2D eigenvalue weighted by Gasteiger charge is -2.19. The summed E-state index contributed by atoms with van der Waals surface area (Å²) >= 11 is 1.46. The lowest BCUT2D eigenvalue weighted by molar-refractivity contribution is -0.895. The number of ether oxygens (including phenoxy) is 2. The van der Waals surface area contributed by atoms with E-state index in [1.165, 1.54) is 16.2 Å². The number of rotatable bonds is 6. The van der Waals surface area contributed by atoms with E-state index in [4.69, 9.17) is 9.47 Å². The summed E-state index contributed by atoms with van der Waals surface area (Å²) in [6, 6.07) is 9.16. The number of anilines is 1. The van der Waals surface area contributed by atoms with Crippen molar-refractivity contribution in [3.8, 4) is 5.75 Å². The number of hydrogen-bond acceptors (Lipinski definition) is 5. The van der Waals surface area contributed by atoms with E-state index in [0.29, 0.717) is 22.9 Å². The maximum atomic E-state index is 12.4. The van der Waals surface area contributed by atoms with Gasteiger partial charge in [0, 0.05) is 6.42 Å².